The molecule has 3 saturated carbocycles. The van der Waals surface area contributed by atoms with Gasteiger partial charge in [-0.2, -0.15) is 0 Å². The molecular weight excluding hydrogens is 430 g/mol. The number of hydrogen-bond acceptors (Lipinski definition) is 3. The lowest BCUT2D eigenvalue weighted by molar-refractivity contribution is 0.0928. The maximum absolute atomic E-state index is 14.4. The molecule has 2 aromatic carbocycles. The number of rotatable bonds is 4. The number of nitrogens with one attached hydrogen (secondary N) is 2. The van der Waals surface area contributed by atoms with Crippen molar-refractivity contribution in [2.75, 3.05) is 5.32 Å². The second-order valence-electron chi connectivity index (χ2n) is 10.0. The Morgan fingerprint density at radius 1 is 0.971 bits per heavy atom. The van der Waals surface area contributed by atoms with Crippen molar-refractivity contribution in [3.05, 3.63) is 65.9 Å². The number of fused-ring (bicyclic) bond motifs is 4. The molecule has 174 valence electrons. The van der Waals surface area contributed by atoms with Crippen molar-refractivity contribution in [3.8, 4) is 22.6 Å². The number of anilines is 1. The molecule has 34 heavy (non-hydrogen) atoms. The quantitative estimate of drug-likeness (QED) is 0.342. The topological polar surface area (TPSA) is 53.6 Å². The van der Waals surface area contributed by atoms with E-state index in [0.29, 0.717) is 34.7 Å². The van der Waals surface area contributed by atoms with Gasteiger partial charge in [-0.25, -0.2) is 18.7 Å². The van der Waals surface area contributed by atoms with E-state index in [9.17, 15) is 8.78 Å². The van der Waals surface area contributed by atoms with Gasteiger partial charge in [0.05, 0.1) is 11.2 Å². The van der Waals surface area contributed by atoms with Gasteiger partial charge < -0.3 is 10.3 Å². The molecule has 2 heterocycles. The molecule has 0 saturated heterocycles. The molecule has 4 aromatic rings. The average molecular weight is 459 g/mol. The van der Waals surface area contributed by atoms with Crippen LogP contribution in [-0.2, 0) is 0 Å². The number of aryl methyl sites for hydroxylation is 1. The minimum Gasteiger partial charge on any atom is -0.367 e. The number of aromatic amines is 1. The smallest absolute Gasteiger partial charge is 0.164 e. The van der Waals surface area contributed by atoms with Crippen LogP contribution in [0.2, 0.25) is 0 Å². The summed E-state index contributed by atoms with van der Waals surface area (Å²) < 4.78 is 28.4. The van der Waals surface area contributed by atoms with Gasteiger partial charge in [0.1, 0.15) is 17.5 Å². The van der Waals surface area contributed by atoms with Crippen LogP contribution >= 0.6 is 0 Å². The minimum atomic E-state index is -0.624. The molecule has 6 heteroatoms. The van der Waals surface area contributed by atoms with Crippen molar-refractivity contribution in [2.45, 2.75) is 45.6 Å². The summed E-state index contributed by atoms with van der Waals surface area (Å²) in [5.74, 6) is 1.97. The molecule has 2 atom stereocenters. The van der Waals surface area contributed by atoms with Crippen LogP contribution in [-0.4, -0.2) is 21.0 Å². The standard InChI is InChI=1S/C28H28F2N4/c1-15-4-3-5-19(10-15)24-13-25(33-26-16(2)17-6-8-18(26)9-7-17)34-28(32-24)22-14-31-27-21(22)11-20(29)12-23(27)30/h3-5,10-14,16-18,26,31H,6-9H2,1-2H3,(H,32,33,34)/t16-,17?,18?,26+/m0/s1. The molecule has 0 unspecified atom stereocenters. The normalized spacial score (nSPS) is 24.0. The summed E-state index contributed by atoms with van der Waals surface area (Å²) in [4.78, 5) is 12.6. The van der Waals surface area contributed by atoms with Gasteiger partial charge in [-0.05, 0) is 62.5 Å². The number of halogens is 2. The molecule has 3 aliphatic rings. The zero-order valence-corrected chi connectivity index (χ0v) is 19.4. The lowest BCUT2D eigenvalue weighted by Gasteiger charge is -2.47. The molecule has 0 radical (unpaired) electrons. The zero-order valence-electron chi connectivity index (χ0n) is 19.4. The van der Waals surface area contributed by atoms with Crippen molar-refractivity contribution in [1.82, 2.24) is 15.0 Å². The second-order valence-corrected chi connectivity index (χ2v) is 10.0. The first-order valence-electron chi connectivity index (χ1n) is 12.2. The Kier molecular flexibility index (Phi) is 5.12. The maximum atomic E-state index is 14.4. The van der Waals surface area contributed by atoms with Gasteiger partial charge in [0.15, 0.2) is 5.82 Å². The number of benzene rings is 2. The predicted molar refractivity (Wildman–Crippen MR) is 131 cm³/mol. The molecule has 7 rings (SSSR count). The largest absolute Gasteiger partial charge is 0.367 e. The molecule has 3 fully saturated rings. The Hall–Kier alpha value is -3.28. The summed E-state index contributed by atoms with van der Waals surface area (Å²) in [5, 5.41) is 4.19. The maximum Gasteiger partial charge on any atom is 0.164 e. The van der Waals surface area contributed by atoms with Crippen LogP contribution < -0.4 is 5.32 Å². The van der Waals surface area contributed by atoms with Crippen LogP contribution in [0.5, 0.6) is 0 Å². The lowest BCUT2D eigenvalue weighted by atomic mass is 9.62. The predicted octanol–water partition coefficient (Wildman–Crippen LogP) is 7.12. The van der Waals surface area contributed by atoms with Crippen molar-refractivity contribution in [2.24, 2.45) is 17.8 Å². The van der Waals surface area contributed by atoms with Crippen molar-refractivity contribution in [1.29, 1.82) is 0 Å². The molecule has 0 spiro atoms. The molecule has 0 aliphatic heterocycles. The van der Waals surface area contributed by atoms with E-state index < -0.39 is 11.6 Å². The Balaban J connectivity index is 1.47. The number of hydrogen-bond donors (Lipinski definition) is 2. The summed E-state index contributed by atoms with van der Waals surface area (Å²) in [7, 11) is 0. The van der Waals surface area contributed by atoms with Gasteiger partial charge in [-0.3, -0.25) is 0 Å². The lowest BCUT2D eigenvalue weighted by Crippen LogP contribution is -2.47. The third-order valence-electron chi connectivity index (χ3n) is 7.94. The zero-order chi connectivity index (χ0) is 23.4. The molecule has 4 nitrogen and oxygen atoms in total. The molecule has 2 bridgehead atoms. The van der Waals surface area contributed by atoms with Gasteiger partial charge in [-0.15, -0.1) is 0 Å². The summed E-state index contributed by atoms with van der Waals surface area (Å²) in [6.45, 7) is 4.40. The Bertz CT molecular complexity index is 1370. The van der Waals surface area contributed by atoms with E-state index in [1.54, 1.807) is 6.20 Å². The molecule has 3 aliphatic carbocycles. The van der Waals surface area contributed by atoms with E-state index in [2.05, 4.69) is 36.3 Å². The first kappa shape index (κ1) is 21.3. The highest BCUT2D eigenvalue weighted by Gasteiger charge is 2.41. The van der Waals surface area contributed by atoms with E-state index in [4.69, 9.17) is 9.97 Å². The van der Waals surface area contributed by atoms with Gasteiger partial charge in [0.25, 0.3) is 0 Å². The fraction of sp³-hybridized carbons (Fsp3) is 0.357. The Morgan fingerprint density at radius 2 is 1.76 bits per heavy atom. The summed E-state index contributed by atoms with van der Waals surface area (Å²) in [6.07, 6.45) is 6.82. The van der Waals surface area contributed by atoms with E-state index in [0.717, 1.165) is 34.6 Å². The summed E-state index contributed by atoms with van der Waals surface area (Å²) >= 11 is 0. The molecule has 0 amide bonds. The van der Waals surface area contributed by atoms with Crippen molar-refractivity contribution >= 4 is 16.7 Å². The minimum absolute atomic E-state index is 0.258. The van der Waals surface area contributed by atoms with Crippen molar-refractivity contribution in [3.63, 3.8) is 0 Å². The van der Waals surface area contributed by atoms with Crippen LogP contribution in [0.3, 0.4) is 0 Å². The first-order chi connectivity index (χ1) is 16.5. The monoisotopic (exact) mass is 458 g/mol. The van der Waals surface area contributed by atoms with Gasteiger partial charge in [0, 0.05) is 40.9 Å². The van der Waals surface area contributed by atoms with Gasteiger partial charge >= 0.3 is 0 Å². The highest BCUT2D eigenvalue weighted by Crippen LogP contribution is 2.46. The first-order valence-corrected chi connectivity index (χ1v) is 12.2. The highest BCUT2D eigenvalue weighted by atomic mass is 19.1. The van der Waals surface area contributed by atoms with Crippen molar-refractivity contribution < 1.29 is 8.78 Å². The average Bonchev–Trinajstić information content (AvgIpc) is 3.26. The molecule has 2 aromatic heterocycles. The number of nitrogens with zero attached hydrogens (tertiary/aromatic N) is 2. The number of H-pyrrole nitrogens is 1. The van der Waals surface area contributed by atoms with E-state index in [1.165, 1.54) is 31.7 Å². The molecular formula is C28H28F2N4. The number of aromatic nitrogens is 3. The van der Waals surface area contributed by atoms with E-state index >= 15 is 0 Å². The SMILES string of the molecule is Cc1cccc(-c2cc(N[C@H]3C4CCC(CC4)[C@@H]3C)nc(-c3c[nH]c4c(F)cc(F)cc34)n2)c1. The van der Waals surface area contributed by atoms with Crippen LogP contribution in [0.25, 0.3) is 33.5 Å². The third kappa shape index (κ3) is 3.65. The van der Waals surface area contributed by atoms with Crippen LogP contribution in [0.1, 0.15) is 38.2 Å². The molecule has 2 N–H and O–H groups in total. The van der Waals surface area contributed by atoms with Crippen LogP contribution in [0.15, 0.2) is 48.7 Å². The van der Waals surface area contributed by atoms with Gasteiger partial charge in [-0.1, -0.05) is 30.7 Å². The fourth-order valence-electron chi connectivity index (χ4n) is 6.11. The highest BCUT2D eigenvalue weighted by molar-refractivity contribution is 5.94. The Labute approximate surface area is 197 Å². The van der Waals surface area contributed by atoms with E-state index in [1.807, 2.05) is 18.2 Å². The second kappa shape index (κ2) is 8.19. The van der Waals surface area contributed by atoms with Crippen LogP contribution in [0, 0.1) is 36.3 Å². The fourth-order valence-corrected chi connectivity index (χ4v) is 6.11. The third-order valence-corrected chi connectivity index (χ3v) is 7.94. The van der Waals surface area contributed by atoms with Crippen LogP contribution in [0.4, 0.5) is 14.6 Å². The van der Waals surface area contributed by atoms with E-state index in [-0.39, 0.29) is 5.52 Å². The Morgan fingerprint density at radius 3 is 2.53 bits per heavy atom. The summed E-state index contributed by atoms with van der Waals surface area (Å²) in [6, 6.07) is 12.8. The summed E-state index contributed by atoms with van der Waals surface area (Å²) in [5.41, 5.74) is 3.76. The van der Waals surface area contributed by atoms with Gasteiger partial charge in [0.2, 0.25) is 0 Å².